The number of carbonyl (C=O) groups is 2. The van der Waals surface area contributed by atoms with Crippen molar-refractivity contribution in [1.29, 1.82) is 0 Å². The summed E-state index contributed by atoms with van der Waals surface area (Å²) in [6.07, 6.45) is 74.7. The summed E-state index contributed by atoms with van der Waals surface area (Å²) < 4.78 is 5.49. The molecule has 0 aliphatic carbocycles. The predicted octanol–water partition coefficient (Wildman–Crippen LogP) is 19.6. The van der Waals surface area contributed by atoms with Crippen LogP contribution in [0.15, 0.2) is 36.5 Å². The van der Waals surface area contributed by atoms with Gasteiger partial charge >= 0.3 is 5.97 Å². The maximum absolute atomic E-state index is 12.4. The van der Waals surface area contributed by atoms with Gasteiger partial charge in [0.2, 0.25) is 5.91 Å². The van der Waals surface area contributed by atoms with E-state index >= 15 is 0 Å². The first-order valence-electron chi connectivity index (χ1n) is 31.3. The minimum absolute atomic E-state index is 0.00646. The zero-order valence-corrected chi connectivity index (χ0v) is 47.0. The third-order valence-corrected chi connectivity index (χ3v) is 14.4. The molecule has 3 N–H and O–H groups in total. The van der Waals surface area contributed by atoms with E-state index in [2.05, 4.69) is 43.5 Å². The van der Waals surface area contributed by atoms with Crippen molar-refractivity contribution in [2.45, 2.75) is 347 Å². The summed E-state index contributed by atoms with van der Waals surface area (Å²) in [7, 11) is 0. The summed E-state index contributed by atoms with van der Waals surface area (Å²) in [5.74, 6) is -0.0684. The Morgan fingerprint density at radius 2 is 0.671 bits per heavy atom. The molecule has 0 aliphatic rings. The van der Waals surface area contributed by atoms with Crippen molar-refractivity contribution in [3.63, 3.8) is 0 Å². The Balaban J connectivity index is 3.42. The molecule has 0 bridgehead atoms. The van der Waals surface area contributed by atoms with Crippen LogP contribution >= 0.6 is 0 Å². The molecule has 6 nitrogen and oxygen atoms in total. The number of ether oxygens (including phenoxy) is 1. The standard InChI is InChI=1S/C64H121NO5/c1-3-5-7-9-11-13-15-17-18-19-27-30-34-38-42-46-50-54-58-64(69)70-59-55-51-47-43-39-35-31-28-25-23-21-20-22-24-26-29-33-37-41-45-49-53-57-63(68)65-61(60-66)62(67)56-52-48-44-40-36-32-16-14-12-10-8-6-4-2/h18-19,22,24,52,56,61-62,66-67H,3-17,20-21,23,25-51,53-55,57-60H2,1-2H3,(H,65,68)/b19-18-,24-22-,56-52+. The highest BCUT2D eigenvalue weighted by Crippen LogP contribution is 2.17. The molecule has 6 heteroatoms. The highest BCUT2D eigenvalue weighted by molar-refractivity contribution is 5.76. The number of hydrogen-bond donors (Lipinski definition) is 3. The molecule has 0 heterocycles. The van der Waals surface area contributed by atoms with Gasteiger partial charge in [-0.1, -0.05) is 275 Å². The molecule has 0 rings (SSSR count). The second-order valence-corrected chi connectivity index (χ2v) is 21.4. The van der Waals surface area contributed by atoms with E-state index in [1.165, 1.54) is 257 Å². The first-order valence-corrected chi connectivity index (χ1v) is 31.3. The highest BCUT2D eigenvalue weighted by atomic mass is 16.5. The van der Waals surface area contributed by atoms with Gasteiger partial charge in [-0.05, 0) is 83.5 Å². The Morgan fingerprint density at radius 3 is 1.01 bits per heavy atom. The van der Waals surface area contributed by atoms with Crippen LogP contribution in [0.25, 0.3) is 0 Å². The second kappa shape index (κ2) is 59.6. The molecule has 412 valence electrons. The Labute approximate surface area is 436 Å². The minimum Gasteiger partial charge on any atom is -0.466 e. The van der Waals surface area contributed by atoms with E-state index in [4.69, 9.17) is 4.74 Å². The quantitative estimate of drug-likeness (QED) is 0.0321. The molecule has 0 aliphatic heterocycles. The monoisotopic (exact) mass is 984 g/mol. The van der Waals surface area contributed by atoms with Crippen LogP contribution in [-0.2, 0) is 14.3 Å². The summed E-state index contributed by atoms with van der Waals surface area (Å²) in [6, 6.07) is -0.632. The third kappa shape index (κ3) is 55.4. The van der Waals surface area contributed by atoms with Crippen LogP contribution in [0.1, 0.15) is 335 Å². The van der Waals surface area contributed by atoms with Gasteiger partial charge in [0.15, 0.2) is 0 Å². The van der Waals surface area contributed by atoms with Gasteiger partial charge in [0, 0.05) is 12.8 Å². The number of aliphatic hydroxyl groups excluding tert-OH is 2. The van der Waals surface area contributed by atoms with Crippen LogP contribution in [0.5, 0.6) is 0 Å². The lowest BCUT2D eigenvalue weighted by Gasteiger charge is -2.20. The van der Waals surface area contributed by atoms with Gasteiger partial charge in [-0.3, -0.25) is 9.59 Å². The van der Waals surface area contributed by atoms with E-state index in [9.17, 15) is 19.8 Å². The summed E-state index contributed by atoms with van der Waals surface area (Å²) in [4.78, 5) is 24.5. The number of rotatable bonds is 58. The van der Waals surface area contributed by atoms with Crippen LogP contribution in [0.2, 0.25) is 0 Å². The first-order chi connectivity index (χ1) is 34.5. The number of unbranched alkanes of at least 4 members (excludes halogenated alkanes) is 43. The Kier molecular flexibility index (Phi) is 58.0. The average Bonchev–Trinajstić information content (AvgIpc) is 3.36. The predicted molar refractivity (Wildman–Crippen MR) is 306 cm³/mol. The molecule has 0 aromatic heterocycles. The molecule has 70 heavy (non-hydrogen) atoms. The van der Waals surface area contributed by atoms with E-state index in [1.54, 1.807) is 6.08 Å². The topological polar surface area (TPSA) is 95.9 Å². The largest absolute Gasteiger partial charge is 0.466 e. The molecule has 0 aromatic carbocycles. The molecular weight excluding hydrogens is 863 g/mol. The van der Waals surface area contributed by atoms with Crippen molar-refractivity contribution in [2.75, 3.05) is 13.2 Å². The lowest BCUT2D eigenvalue weighted by atomic mass is 10.0. The third-order valence-electron chi connectivity index (χ3n) is 14.4. The fourth-order valence-electron chi connectivity index (χ4n) is 9.57. The first kappa shape index (κ1) is 68.1. The molecule has 0 spiro atoms. The van der Waals surface area contributed by atoms with E-state index in [0.717, 1.165) is 51.4 Å². The lowest BCUT2D eigenvalue weighted by molar-refractivity contribution is -0.143. The van der Waals surface area contributed by atoms with E-state index in [0.29, 0.717) is 19.4 Å². The second-order valence-electron chi connectivity index (χ2n) is 21.4. The van der Waals surface area contributed by atoms with Gasteiger partial charge in [-0.25, -0.2) is 0 Å². The summed E-state index contributed by atoms with van der Waals surface area (Å²) in [5, 5.41) is 23.1. The number of nitrogens with one attached hydrogen (secondary N) is 1. The fraction of sp³-hybridized carbons (Fsp3) is 0.875. The minimum atomic E-state index is -0.848. The lowest BCUT2D eigenvalue weighted by Crippen LogP contribution is -2.45. The summed E-state index contributed by atoms with van der Waals surface area (Å²) in [5.41, 5.74) is 0. The Hall–Kier alpha value is -1.92. The number of amides is 1. The van der Waals surface area contributed by atoms with Gasteiger partial charge in [-0.2, -0.15) is 0 Å². The Bertz CT molecular complexity index is 1130. The smallest absolute Gasteiger partial charge is 0.305 e. The summed E-state index contributed by atoms with van der Waals surface area (Å²) >= 11 is 0. The highest BCUT2D eigenvalue weighted by Gasteiger charge is 2.18. The van der Waals surface area contributed by atoms with Gasteiger partial charge in [0.1, 0.15) is 0 Å². The van der Waals surface area contributed by atoms with Gasteiger partial charge in [-0.15, -0.1) is 0 Å². The SMILES string of the molecule is CCCCCCCCC/C=C\CCCCCCCCCC(=O)OCCCCCCCCCCCCC/C=C\CCCCCCCCCC(=O)NC(CO)C(O)/C=C/CCCCCCCCCCCCC. The van der Waals surface area contributed by atoms with E-state index < -0.39 is 12.1 Å². The van der Waals surface area contributed by atoms with Crippen LogP contribution in [0.4, 0.5) is 0 Å². The molecule has 2 unspecified atom stereocenters. The zero-order chi connectivity index (χ0) is 50.7. The van der Waals surface area contributed by atoms with Crippen LogP contribution in [-0.4, -0.2) is 47.4 Å². The van der Waals surface area contributed by atoms with Crippen molar-refractivity contribution in [1.82, 2.24) is 5.32 Å². The number of allylic oxidation sites excluding steroid dienone is 5. The molecule has 2 atom stereocenters. The van der Waals surface area contributed by atoms with Crippen LogP contribution in [0.3, 0.4) is 0 Å². The van der Waals surface area contributed by atoms with Gasteiger partial charge in [0.05, 0.1) is 25.4 Å². The Morgan fingerprint density at radius 1 is 0.386 bits per heavy atom. The summed E-state index contributed by atoms with van der Waals surface area (Å²) in [6.45, 7) is 4.90. The molecule has 0 saturated carbocycles. The maximum atomic E-state index is 12.4. The van der Waals surface area contributed by atoms with Crippen molar-refractivity contribution in [3.8, 4) is 0 Å². The van der Waals surface area contributed by atoms with E-state index in [1.807, 2.05) is 6.08 Å². The van der Waals surface area contributed by atoms with Gasteiger partial charge < -0.3 is 20.3 Å². The van der Waals surface area contributed by atoms with Gasteiger partial charge in [0.25, 0.3) is 0 Å². The fourth-order valence-corrected chi connectivity index (χ4v) is 9.57. The molecule has 1 amide bonds. The van der Waals surface area contributed by atoms with Crippen LogP contribution < -0.4 is 5.32 Å². The van der Waals surface area contributed by atoms with Crippen molar-refractivity contribution >= 4 is 11.9 Å². The number of carbonyl (C=O) groups excluding carboxylic acids is 2. The van der Waals surface area contributed by atoms with Crippen LogP contribution in [0, 0.1) is 0 Å². The number of esters is 1. The zero-order valence-electron chi connectivity index (χ0n) is 47.0. The van der Waals surface area contributed by atoms with Crippen molar-refractivity contribution in [3.05, 3.63) is 36.5 Å². The molecule has 0 saturated heterocycles. The van der Waals surface area contributed by atoms with Crippen molar-refractivity contribution in [2.24, 2.45) is 0 Å². The number of hydrogen-bond acceptors (Lipinski definition) is 5. The average molecular weight is 985 g/mol. The van der Waals surface area contributed by atoms with Crippen molar-refractivity contribution < 1.29 is 24.5 Å². The number of aliphatic hydroxyl groups is 2. The molecule has 0 radical (unpaired) electrons. The normalized spacial score (nSPS) is 12.8. The molecule has 0 aromatic rings. The maximum Gasteiger partial charge on any atom is 0.305 e. The molecule has 0 fully saturated rings. The molecular formula is C64H121NO5. The van der Waals surface area contributed by atoms with E-state index in [-0.39, 0.29) is 18.5 Å².